The second kappa shape index (κ2) is 6.85. The number of urea groups is 1. The monoisotopic (exact) mass is 305 g/mol. The lowest BCUT2D eigenvalue weighted by Gasteiger charge is -2.14. The molecule has 3 N–H and O–H groups in total. The number of pyridine rings is 1. The number of aromatic nitrogens is 1. The summed E-state index contributed by atoms with van der Waals surface area (Å²) in [6, 6.07) is 4.51. The number of anilines is 1. The first-order valence-electron chi connectivity index (χ1n) is 6.32. The van der Waals surface area contributed by atoms with E-state index in [2.05, 4.69) is 15.6 Å². The van der Waals surface area contributed by atoms with Gasteiger partial charge in [-0.2, -0.15) is 11.3 Å². The lowest BCUT2D eigenvalue weighted by atomic mass is 10.1. The number of amides is 2. The van der Waals surface area contributed by atoms with Crippen molar-refractivity contribution in [2.45, 2.75) is 19.4 Å². The second-order valence-electron chi connectivity index (χ2n) is 4.57. The fourth-order valence-electron chi connectivity index (χ4n) is 1.80. The summed E-state index contributed by atoms with van der Waals surface area (Å²) in [7, 11) is 0. The maximum atomic E-state index is 11.8. The molecule has 0 aliphatic heterocycles. The number of hydrogen-bond acceptors (Lipinski definition) is 4. The number of carbonyl (C=O) groups excluding carboxylic acids is 1. The average Bonchev–Trinajstić information content (AvgIpc) is 2.91. The Morgan fingerprint density at radius 2 is 2.19 bits per heavy atom. The minimum Gasteiger partial charge on any atom is -0.477 e. The SMILES string of the molecule is CC(Cc1ccsc1)NC(=O)Nc1ccc(C(=O)O)nc1. The lowest BCUT2D eigenvalue weighted by molar-refractivity contribution is 0.0690. The van der Waals surface area contributed by atoms with Crippen molar-refractivity contribution in [2.75, 3.05) is 5.32 Å². The molecule has 0 saturated carbocycles. The van der Waals surface area contributed by atoms with Gasteiger partial charge in [-0.05, 0) is 47.9 Å². The van der Waals surface area contributed by atoms with Crippen LogP contribution in [0.2, 0.25) is 0 Å². The van der Waals surface area contributed by atoms with Crippen LogP contribution in [-0.2, 0) is 6.42 Å². The van der Waals surface area contributed by atoms with Crippen LogP contribution in [0.5, 0.6) is 0 Å². The van der Waals surface area contributed by atoms with E-state index in [9.17, 15) is 9.59 Å². The smallest absolute Gasteiger partial charge is 0.354 e. The fraction of sp³-hybridized carbons (Fsp3) is 0.214. The normalized spacial score (nSPS) is 11.7. The van der Waals surface area contributed by atoms with Gasteiger partial charge in [0.2, 0.25) is 0 Å². The van der Waals surface area contributed by atoms with E-state index in [4.69, 9.17) is 5.11 Å². The van der Waals surface area contributed by atoms with Gasteiger partial charge in [0.1, 0.15) is 5.69 Å². The van der Waals surface area contributed by atoms with Gasteiger partial charge >= 0.3 is 12.0 Å². The Balaban J connectivity index is 1.84. The summed E-state index contributed by atoms with van der Waals surface area (Å²) in [6.45, 7) is 1.92. The van der Waals surface area contributed by atoms with E-state index in [0.717, 1.165) is 6.42 Å². The van der Waals surface area contributed by atoms with Crippen LogP contribution in [0, 0.1) is 0 Å². The number of rotatable bonds is 5. The maximum Gasteiger partial charge on any atom is 0.354 e. The van der Waals surface area contributed by atoms with Crippen molar-refractivity contribution < 1.29 is 14.7 Å². The van der Waals surface area contributed by atoms with Crippen LogP contribution < -0.4 is 10.6 Å². The van der Waals surface area contributed by atoms with Crippen LogP contribution in [0.1, 0.15) is 23.0 Å². The summed E-state index contributed by atoms with van der Waals surface area (Å²) < 4.78 is 0. The molecule has 1 atom stereocenters. The third-order valence-electron chi connectivity index (χ3n) is 2.74. The van der Waals surface area contributed by atoms with Crippen LogP contribution in [0.4, 0.5) is 10.5 Å². The highest BCUT2D eigenvalue weighted by Crippen LogP contribution is 2.09. The highest BCUT2D eigenvalue weighted by Gasteiger charge is 2.09. The molecule has 0 bridgehead atoms. The Morgan fingerprint density at radius 3 is 2.76 bits per heavy atom. The zero-order chi connectivity index (χ0) is 15.2. The molecule has 110 valence electrons. The molecule has 0 spiro atoms. The van der Waals surface area contributed by atoms with E-state index < -0.39 is 5.97 Å². The Morgan fingerprint density at radius 1 is 1.38 bits per heavy atom. The van der Waals surface area contributed by atoms with Crippen molar-refractivity contribution in [3.8, 4) is 0 Å². The van der Waals surface area contributed by atoms with Gasteiger partial charge < -0.3 is 15.7 Å². The number of nitrogens with one attached hydrogen (secondary N) is 2. The number of carbonyl (C=O) groups is 2. The number of thiophene rings is 1. The summed E-state index contributed by atoms with van der Waals surface area (Å²) in [4.78, 5) is 26.2. The molecule has 0 radical (unpaired) electrons. The van der Waals surface area contributed by atoms with Crippen molar-refractivity contribution in [2.24, 2.45) is 0 Å². The number of hydrogen-bond donors (Lipinski definition) is 3. The molecule has 6 nitrogen and oxygen atoms in total. The maximum absolute atomic E-state index is 11.8. The van der Waals surface area contributed by atoms with Crippen molar-refractivity contribution >= 4 is 29.0 Å². The molecule has 0 aromatic carbocycles. The average molecular weight is 305 g/mol. The van der Waals surface area contributed by atoms with Gasteiger partial charge in [-0.1, -0.05) is 0 Å². The molecule has 0 fully saturated rings. The molecular formula is C14H15N3O3S. The van der Waals surface area contributed by atoms with Gasteiger partial charge in [-0.3, -0.25) is 0 Å². The Kier molecular flexibility index (Phi) is 4.89. The Hall–Kier alpha value is -2.41. The first kappa shape index (κ1) is 15.0. The van der Waals surface area contributed by atoms with Gasteiger partial charge in [0.25, 0.3) is 0 Å². The topological polar surface area (TPSA) is 91.3 Å². The lowest BCUT2D eigenvalue weighted by Crippen LogP contribution is -2.37. The van der Waals surface area contributed by atoms with Crippen LogP contribution in [0.15, 0.2) is 35.2 Å². The van der Waals surface area contributed by atoms with E-state index in [1.165, 1.54) is 23.9 Å². The molecule has 0 saturated heterocycles. The van der Waals surface area contributed by atoms with Gasteiger partial charge in [-0.25, -0.2) is 14.6 Å². The second-order valence-corrected chi connectivity index (χ2v) is 5.35. The summed E-state index contributed by atoms with van der Waals surface area (Å²) in [5.74, 6) is -1.10. The van der Waals surface area contributed by atoms with Crippen LogP contribution in [0.3, 0.4) is 0 Å². The molecule has 2 aromatic rings. The van der Waals surface area contributed by atoms with E-state index in [0.29, 0.717) is 5.69 Å². The molecule has 2 heterocycles. The number of nitrogens with zero attached hydrogens (tertiary/aromatic N) is 1. The summed E-state index contributed by atoms with van der Waals surface area (Å²) >= 11 is 1.62. The molecule has 0 aliphatic carbocycles. The van der Waals surface area contributed by atoms with E-state index >= 15 is 0 Å². The van der Waals surface area contributed by atoms with E-state index in [1.807, 2.05) is 23.8 Å². The highest BCUT2D eigenvalue weighted by atomic mass is 32.1. The van der Waals surface area contributed by atoms with Gasteiger partial charge in [-0.15, -0.1) is 0 Å². The first-order chi connectivity index (χ1) is 10.0. The number of aromatic carboxylic acids is 1. The van der Waals surface area contributed by atoms with Gasteiger partial charge in [0.05, 0.1) is 11.9 Å². The van der Waals surface area contributed by atoms with Crippen LogP contribution >= 0.6 is 11.3 Å². The van der Waals surface area contributed by atoms with Gasteiger partial charge in [0.15, 0.2) is 0 Å². The quantitative estimate of drug-likeness (QED) is 0.792. The molecule has 0 aliphatic rings. The predicted molar refractivity (Wildman–Crippen MR) is 80.8 cm³/mol. The van der Waals surface area contributed by atoms with Crippen molar-refractivity contribution in [1.29, 1.82) is 0 Å². The number of carboxylic acid groups (broad SMARTS) is 1. The minimum atomic E-state index is -1.10. The molecule has 21 heavy (non-hydrogen) atoms. The minimum absolute atomic E-state index is 0.00847. The standard InChI is InChI=1S/C14H15N3O3S/c1-9(6-10-4-5-21-8-10)16-14(20)17-11-2-3-12(13(18)19)15-7-11/h2-5,7-9H,6H2,1H3,(H,18,19)(H2,16,17,20). The summed E-state index contributed by atoms with van der Waals surface area (Å²) in [5.41, 5.74) is 1.56. The number of carboxylic acids is 1. The predicted octanol–water partition coefficient (Wildman–Crippen LogP) is 2.59. The largest absolute Gasteiger partial charge is 0.477 e. The van der Waals surface area contributed by atoms with Crippen LogP contribution in [0.25, 0.3) is 0 Å². The van der Waals surface area contributed by atoms with Gasteiger partial charge in [0, 0.05) is 6.04 Å². The van der Waals surface area contributed by atoms with E-state index in [1.54, 1.807) is 11.3 Å². The highest BCUT2D eigenvalue weighted by molar-refractivity contribution is 7.07. The Bertz CT molecular complexity index is 611. The summed E-state index contributed by atoms with van der Waals surface area (Å²) in [6.07, 6.45) is 2.07. The van der Waals surface area contributed by atoms with Crippen molar-refractivity contribution in [3.63, 3.8) is 0 Å². The zero-order valence-corrected chi connectivity index (χ0v) is 12.2. The van der Waals surface area contributed by atoms with Crippen molar-refractivity contribution in [3.05, 3.63) is 46.4 Å². The molecule has 2 amide bonds. The zero-order valence-electron chi connectivity index (χ0n) is 11.4. The fourth-order valence-corrected chi connectivity index (χ4v) is 2.48. The third kappa shape index (κ3) is 4.57. The molecule has 1 unspecified atom stereocenters. The summed E-state index contributed by atoms with van der Waals surface area (Å²) in [5, 5.41) is 18.2. The molecule has 2 rings (SSSR count). The van der Waals surface area contributed by atoms with Crippen LogP contribution in [-0.4, -0.2) is 28.1 Å². The molecular weight excluding hydrogens is 290 g/mol. The van der Waals surface area contributed by atoms with E-state index in [-0.39, 0.29) is 17.8 Å². The molecule has 7 heteroatoms. The van der Waals surface area contributed by atoms with Crippen molar-refractivity contribution in [1.82, 2.24) is 10.3 Å². The Labute approximate surface area is 125 Å². The first-order valence-corrected chi connectivity index (χ1v) is 7.27. The molecule has 2 aromatic heterocycles. The third-order valence-corrected chi connectivity index (χ3v) is 3.47.